The molecule has 0 radical (unpaired) electrons. The Labute approximate surface area is 118 Å². The number of aryl methyl sites for hydroxylation is 2. The van der Waals surface area contributed by atoms with Gasteiger partial charge in [-0.3, -0.25) is 4.79 Å². The Bertz CT molecular complexity index is 618. The molecule has 0 unspecified atom stereocenters. The fourth-order valence-electron chi connectivity index (χ4n) is 1.73. The summed E-state index contributed by atoms with van der Waals surface area (Å²) in [7, 11) is 3.35. The number of imidazole rings is 1. The molecule has 110 valence electrons. The monoisotopic (exact) mass is 279 g/mol. The molecule has 0 atom stereocenters. The number of aromatic hydroxyl groups is 1. The Balaban J connectivity index is 0.000000612. The van der Waals surface area contributed by atoms with Crippen LogP contribution in [0.1, 0.15) is 28.7 Å². The Kier molecular flexibility index (Phi) is 5.10. The average Bonchev–Trinajstić information content (AvgIpc) is 2.67. The molecule has 2 N–H and O–H groups in total. The first-order chi connectivity index (χ1) is 9.33. The molecule has 2 rings (SSSR count). The second kappa shape index (κ2) is 6.38. The number of fused-ring (bicyclic) bond motifs is 1. The minimum atomic E-state index is -0.145. The largest absolute Gasteiger partial charge is 0.504 e. The van der Waals surface area contributed by atoms with E-state index in [2.05, 4.69) is 4.98 Å². The van der Waals surface area contributed by atoms with Gasteiger partial charge in [0, 0.05) is 32.6 Å². The van der Waals surface area contributed by atoms with Crippen molar-refractivity contribution in [3.8, 4) is 5.75 Å². The third-order valence-electron chi connectivity index (χ3n) is 2.83. The summed E-state index contributed by atoms with van der Waals surface area (Å²) in [4.78, 5) is 17.6. The number of pyridine rings is 1. The third-order valence-corrected chi connectivity index (χ3v) is 2.83. The topological polar surface area (TPSA) is 78.1 Å². The summed E-state index contributed by atoms with van der Waals surface area (Å²) in [6.07, 6.45) is 1.70. The highest BCUT2D eigenvalue weighted by molar-refractivity contribution is 5.94. The van der Waals surface area contributed by atoms with Crippen molar-refractivity contribution in [2.24, 2.45) is 0 Å². The second-order valence-corrected chi connectivity index (χ2v) is 4.61. The molecule has 6 nitrogen and oxygen atoms in total. The van der Waals surface area contributed by atoms with Crippen LogP contribution in [0, 0.1) is 13.8 Å². The lowest BCUT2D eigenvalue weighted by molar-refractivity contribution is 0.0826. The van der Waals surface area contributed by atoms with Gasteiger partial charge in [-0.15, -0.1) is 0 Å². The van der Waals surface area contributed by atoms with Gasteiger partial charge in [0.2, 0.25) is 0 Å². The highest BCUT2D eigenvalue weighted by Gasteiger charge is 2.14. The predicted molar refractivity (Wildman–Crippen MR) is 77.1 cm³/mol. The van der Waals surface area contributed by atoms with Crippen molar-refractivity contribution >= 4 is 11.6 Å². The molecule has 6 heteroatoms. The van der Waals surface area contributed by atoms with Gasteiger partial charge in [0.1, 0.15) is 0 Å². The molecule has 20 heavy (non-hydrogen) atoms. The molecule has 0 saturated heterocycles. The molecule has 0 fully saturated rings. The lowest BCUT2D eigenvalue weighted by Crippen LogP contribution is -2.22. The summed E-state index contributed by atoms with van der Waals surface area (Å²) in [5.74, 6) is -0.123. The number of nitrogens with zero attached hydrogens (tertiary/aromatic N) is 3. The van der Waals surface area contributed by atoms with Crippen molar-refractivity contribution in [2.45, 2.75) is 20.8 Å². The summed E-state index contributed by atoms with van der Waals surface area (Å²) >= 11 is 0. The van der Waals surface area contributed by atoms with Gasteiger partial charge in [0.05, 0.1) is 11.3 Å². The predicted octanol–water partition coefficient (Wildman–Crippen LogP) is 1.36. The van der Waals surface area contributed by atoms with Crippen LogP contribution < -0.4 is 0 Å². The molecule has 1 amide bonds. The van der Waals surface area contributed by atoms with E-state index in [9.17, 15) is 9.90 Å². The van der Waals surface area contributed by atoms with E-state index in [1.54, 1.807) is 31.6 Å². The van der Waals surface area contributed by atoms with Crippen LogP contribution >= 0.6 is 0 Å². The van der Waals surface area contributed by atoms with Gasteiger partial charge in [0.25, 0.3) is 5.91 Å². The van der Waals surface area contributed by atoms with Crippen LogP contribution in [0.3, 0.4) is 0 Å². The summed E-state index contributed by atoms with van der Waals surface area (Å²) in [6.45, 7) is 5.70. The van der Waals surface area contributed by atoms with Crippen LogP contribution in [0.2, 0.25) is 0 Å². The Morgan fingerprint density at radius 3 is 2.45 bits per heavy atom. The van der Waals surface area contributed by atoms with Gasteiger partial charge < -0.3 is 19.5 Å². The first kappa shape index (κ1) is 16.0. The van der Waals surface area contributed by atoms with Gasteiger partial charge in [-0.2, -0.15) is 0 Å². The summed E-state index contributed by atoms with van der Waals surface area (Å²) < 4.78 is 1.74. The van der Waals surface area contributed by atoms with E-state index in [1.807, 2.05) is 13.8 Å². The molecule has 0 aliphatic carbocycles. The number of hydrogen-bond donors (Lipinski definition) is 2. The SMILES string of the molecule is CCO.Cc1nc2c(O)cc(C(=O)N(C)C)cn2c1C. The molecular formula is C14H21N3O3. The molecule has 2 aromatic heterocycles. The molecule has 0 aromatic carbocycles. The number of carbonyl (C=O) groups excluding carboxylic acids is 1. The average molecular weight is 279 g/mol. The van der Waals surface area contributed by atoms with Crippen molar-refractivity contribution in [1.82, 2.24) is 14.3 Å². The van der Waals surface area contributed by atoms with Crippen molar-refractivity contribution in [3.63, 3.8) is 0 Å². The van der Waals surface area contributed by atoms with E-state index in [0.717, 1.165) is 11.4 Å². The zero-order valence-corrected chi connectivity index (χ0v) is 12.5. The zero-order valence-electron chi connectivity index (χ0n) is 12.5. The van der Waals surface area contributed by atoms with Crippen LogP contribution in [-0.2, 0) is 0 Å². The number of carbonyl (C=O) groups is 1. The van der Waals surface area contributed by atoms with Crippen LogP contribution in [0.25, 0.3) is 5.65 Å². The number of aromatic nitrogens is 2. The minimum absolute atomic E-state index is 0.0221. The Hall–Kier alpha value is -2.08. The molecule has 0 aliphatic rings. The molecule has 2 heterocycles. The normalized spacial score (nSPS) is 10.1. The molecule has 0 bridgehead atoms. The van der Waals surface area contributed by atoms with Crippen LogP contribution in [0.15, 0.2) is 12.3 Å². The van der Waals surface area contributed by atoms with Gasteiger partial charge in [-0.05, 0) is 26.8 Å². The van der Waals surface area contributed by atoms with Gasteiger partial charge in [0.15, 0.2) is 11.4 Å². The second-order valence-electron chi connectivity index (χ2n) is 4.61. The van der Waals surface area contributed by atoms with Gasteiger partial charge in [-0.25, -0.2) is 4.98 Å². The van der Waals surface area contributed by atoms with Crippen molar-refractivity contribution < 1.29 is 15.0 Å². The van der Waals surface area contributed by atoms with E-state index in [-0.39, 0.29) is 18.3 Å². The Morgan fingerprint density at radius 2 is 1.95 bits per heavy atom. The van der Waals surface area contributed by atoms with Crippen LogP contribution in [-0.4, -0.2) is 51.1 Å². The van der Waals surface area contributed by atoms with Gasteiger partial charge >= 0.3 is 0 Å². The van der Waals surface area contributed by atoms with E-state index < -0.39 is 0 Å². The van der Waals surface area contributed by atoms with E-state index in [1.165, 1.54) is 11.0 Å². The maximum atomic E-state index is 11.8. The lowest BCUT2D eigenvalue weighted by atomic mass is 10.2. The molecule has 2 aromatic rings. The Morgan fingerprint density at radius 1 is 1.40 bits per heavy atom. The summed E-state index contributed by atoms with van der Waals surface area (Å²) in [5, 5.41) is 17.4. The first-order valence-electron chi connectivity index (χ1n) is 6.34. The highest BCUT2D eigenvalue weighted by atomic mass is 16.3. The smallest absolute Gasteiger partial charge is 0.254 e. The van der Waals surface area contributed by atoms with Crippen molar-refractivity contribution in [3.05, 3.63) is 29.2 Å². The minimum Gasteiger partial charge on any atom is -0.504 e. The maximum absolute atomic E-state index is 11.8. The zero-order chi connectivity index (χ0) is 15.4. The van der Waals surface area contributed by atoms with E-state index in [4.69, 9.17) is 5.11 Å². The third kappa shape index (κ3) is 3.08. The fourth-order valence-corrected chi connectivity index (χ4v) is 1.73. The highest BCUT2D eigenvalue weighted by Crippen LogP contribution is 2.22. The number of aliphatic hydroxyl groups excluding tert-OH is 1. The molecule has 0 saturated carbocycles. The number of rotatable bonds is 1. The molecule has 0 aliphatic heterocycles. The molecule has 0 spiro atoms. The van der Waals surface area contributed by atoms with Gasteiger partial charge in [-0.1, -0.05) is 0 Å². The van der Waals surface area contributed by atoms with E-state index in [0.29, 0.717) is 11.2 Å². The van der Waals surface area contributed by atoms with Crippen molar-refractivity contribution in [2.75, 3.05) is 20.7 Å². The first-order valence-corrected chi connectivity index (χ1v) is 6.34. The van der Waals surface area contributed by atoms with Crippen LogP contribution in [0.5, 0.6) is 5.75 Å². The summed E-state index contributed by atoms with van der Waals surface area (Å²) in [5.41, 5.74) is 2.69. The number of hydrogen-bond acceptors (Lipinski definition) is 4. The number of aliphatic hydroxyl groups is 1. The lowest BCUT2D eigenvalue weighted by Gasteiger charge is -2.11. The van der Waals surface area contributed by atoms with Crippen molar-refractivity contribution in [1.29, 1.82) is 0 Å². The van der Waals surface area contributed by atoms with Crippen LogP contribution in [0.4, 0.5) is 0 Å². The quantitative estimate of drug-likeness (QED) is 0.826. The number of amides is 1. The van der Waals surface area contributed by atoms with E-state index >= 15 is 0 Å². The fraction of sp³-hybridized carbons (Fsp3) is 0.429. The standard InChI is InChI=1S/C12H15N3O2.C2H6O/c1-7-8(2)15-6-9(12(17)14(3)4)5-10(16)11(15)13-7;1-2-3/h5-6,16H,1-4H3;3H,2H2,1H3. The summed E-state index contributed by atoms with van der Waals surface area (Å²) in [6, 6.07) is 1.45. The maximum Gasteiger partial charge on any atom is 0.254 e. The molecular weight excluding hydrogens is 258 g/mol.